The average molecular weight is 381 g/mol. The Morgan fingerprint density at radius 2 is 1.58 bits per heavy atom. The van der Waals surface area contributed by atoms with Gasteiger partial charge in [-0.2, -0.15) is 0 Å². The van der Waals surface area contributed by atoms with Gasteiger partial charge in [0.15, 0.2) is 0 Å². The fourth-order valence-corrected chi connectivity index (χ4v) is 3.44. The molecule has 2 heterocycles. The van der Waals surface area contributed by atoms with Crippen LogP contribution >= 0.6 is 11.6 Å². The lowest BCUT2D eigenvalue weighted by Gasteiger charge is -2.41. The fourth-order valence-electron chi connectivity index (χ4n) is 3.22. The van der Waals surface area contributed by atoms with E-state index in [-0.39, 0.29) is 5.91 Å². The zero-order valence-electron chi connectivity index (χ0n) is 14.1. The van der Waals surface area contributed by atoms with Gasteiger partial charge in [-0.3, -0.25) is 4.79 Å². The van der Waals surface area contributed by atoms with E-state index in [9.17, 15) is 14.4 Å². The minimum absolute atomic E-state index is 0.0807. The van der Waals surface area contributed by atoms with Crippen LogP contribution < -0.4 is 5.32 Å². The van der Waals surface area contributed by atoms with Crippen molar-refractivity contribution >= 4 is 29.4 Å². The standard InChI is InChI=1S/C14H17ClN2O.C4H4O4/c15-13-4-2-1-3-12(13)14(18)17-8-10-5-11(9-17)7-16-6-10;5-3(6)1-2-4(7)8/h1-4,10-11,16H,5-9H2;1-2H,(H,5,6)(H,7,8)/b;2-1+/t10-,11+;. The Labute approximate surface area is 156 Å². The van der Waals surface area contributed by atoms with Gasteiger partial charge in [0.2, 0.25) is 0 Å². The first-order chi connectivity index (χ1) is 12.4. The van der Waals surface area contributed by atoms with Gasteiger partial charge in [0.1, 0.15) is 0 Å². The largest absolute Gasteiger partial charge is 0.478 e. The maximum atomic E-state index is 12.5. The quantitative estimate of drug-likeness (QED) is 0.689. The molecule has 7 nitrogen and oxygen atoms in total. The van der Waals surface area contributed by atoms with E-state index >= 15 is 0 Å². The van der Waals surface area contributed by atoms with E-state index in [2.05, 4.69) is 5.32 Å². The molecule has 3 rings (SSSR count). The Balaban J connectivity index is 0.000000260. The number of hydrogen-bond donors (Lipinski definition) is 3. The normalized spacial score (nSPS) is 21.7. The summed E-state index contributed by atoms with van der Waals surface area (Å²) in [5.74, 6) is -1.23. The molecule has 2 fully saturated rings. The van der Waals surface area contributed by atoms with Gasteiger partial charge in [0, 0.05) is 25.2 Å². The lowest BCUT2D eigenvalue weighted by Crippen LogP contribution is -2.52. The second-order valence-electron chi connectivity index (χ2n) is 6.33. The van der Waals surface area contributed by atoms with E-state index in [0.717, 1.165) is 26.2 Å². The molecule has 0 radical (unpaired) electrons. The van der Waals surface area contributed by atoms with Crippen molar-refractivity contribution in [2.75, 3.05) is 26.2 Å². The molecule has 3 N–H and O–H groups in total. The van der Waals surface area contributed by atoms with Crippen molar-refractivity contribution in [1.82, 2.24) is 10.2 Å². The van der Waals surface area contributed by atoms with Crippen LogP contribution in [0, 0.1) is 11.8 Å². The van der Waals surface area contributed by atoms with E-state index in [0.29, 0.717) is 34.6 Å². The van der Waals surface area contributed by atoms with Crippen molar-refractivity contribution in [3.63, 3.8) is 0 Å². The van der Waals surface area contributed by atoms with Gasteiger partial charge < -0.3 is 20.4 Å². The number of likely N-dealkylation sites (tertiary alicyclic amines) is 1. The number of benzene rings is 1. The minimum atomic E-state index is -1.26. The monoisotopic (exact) mass is 380 g/mol. The summed E-state index contributed by atoms with van der Waals surface area (Å²) >= 11 is 6.10. The number of piperidine rings is 2. The molecular formula is C18H21ClN2O5. The van der Waals surface area contributed by atoms with E-state index < -0.39 is 11.9 Å². The molecule has 1 aromatic rings. The third-order valence-electron chi connectivity index (χ3n) is 4.25. The van der Waals surface area contributed by atoms with Crippen LogP contribution in [0.15, 0.2) is 36.4 Å². The van der Waals surface area contributed by atoms with Crippen LogP contribution in [-0.2, 0) is 9.59 Å². The number of nitrogens with one attached hydrogen (secondary N) is 1. The highest BCUT2D eigenvalue weighted by atomic mass is 35.5. The van der Waals surface area contributed by atoms with Gasteiger partial charge in [0.25, 0.3) is 5.91 Å². The maximum Gasteiger partial charge on any atom is 0.328 e. The Bertz CT molecular complexity index is 679. The van der Waals surface area contributed by atoms with E-state index in [1.165, 1.54) is 6.42 Å². The second kappa shape index (κ2) is 9.35. The van der Waals surface area contributed by atoms with Crippen molar-refractivity contribution in [3.05, 3.63) is 47.0 Å². The molecule has 140 valence electrons. The van der Waals surface area contributed by atoms with Crippen LogP contribution in [-0.4, -0.2) is 59.1 Å². The number of fused-ring (bicyclic) bond motifs is 2. The summed E-state index contributed by atoms with van der Waals surface area (Å²) < 4.78 is 0. The highest BCUT2D eigenvalue weighted by molar-refractivity contribution is 6.33. The van der Waals surface area contributed by atoms with Gasteiger partial charge in [0.05, 0.1) is 10.6 Å². The number of rotatable bonds is 3. The first-order valence-electron chi connectivity index (χ1n) is 8.25. The summed E-state index contributed by atoms with van der Waals surface area (Å²) in [7, 11) is 0. The summed E-state index contributed by atoms with van der Waals surface area (Å²) in [6.07, 6.45) is 2.37. The van der Waals surface area contributed by atoms with Crippen LogP contribution in [0.1, 0.15) is 16.8 Å². The van der Waals surface area contributed by atoms with Gasteiger partial charge >= 0.3 is 11.9 Å². The maximum absolute atomic E-state index is 12.5. The lowest BCUT2D eigenvalue weighted by atomic mass is 9.85. The Morgan fingerprint density at radius 1 is 1.04 bits per heavy atom. The van der Waals surface area contributed by atoms with E-state index in [4.69, 9.17) is 21.8 Å². The van der Waals surface area contributed by atoms with Crippen molar-refractivity contribution in [1.29, 1.82) is 0 Å². The average Bonchev–Trinajstić information content (AvgIpc) is 2.60. The lowest BCUT2D eigenvalue weighted by molar-refractivity contribution is -0.134. The highest BCUT2D eigenvalue weighted by Gasteiger charge is 2.33. The fraction of sp³-hybridized carbons (Fsp3) is 0.389. The molecule has 26 heavy (non-hydrogen) atoms. The van der Waals surface area contributed by atoms with Gasteiger partial charge in [-0.05, 0) is 43.5 Å². The molecular weight excluding hydrogens is 360 g/mol. The molecule has 1 aromatic carbocycles. The molecule has 2 aliphatic heterocycles. The zero-order valence-corrected chi connectivity index (χ0v) is 14.9. The van der Waals surface area contributed by atoms with Crippen molar-refractivity contribution < 1.29 is 24.6 Å². The number of carbonyl (C=O) groups excluding carboxylic acids is 1. The highest BCUT2D eigenvalue weighted by Crippen LogP contribution is 2.27. The Hall–Kier alpha value is -2.38. The number of carboxylic acid groups (broad SMARTS) is 2. The third kappa shape index (κ3) is 5.86. The predicted molar refractivity (Wildman–Crippen MR) is 96.2 cm³/mol. The van der Waals surface area contributed by atoms with Crippen molar-refractivity contribution in [3.8, 4) is 0 Å². The second-order valence-corrected chi connectivity index (χ2v) is 6.73. The molecule has 8 heteroatoms. The summed E-state index contributed by atoms with van der Waals surface area (Å²) in [6.45, 7) is 3.77. The van der Waals surface area contributed by atoms with E-state index in [1.54, 1.807) is 6.07 Å². The van der Waals surface area contributed by atoms with Gasteiger partial charge in [-0.15, -0.1) is 0 Å². The van der Waals surface area contributed by atoms with Crippen LogP contribution in [0.5, 0.6) is 0 Å². The van der Waals surface area contributed by atoms with Crippen molar-refractivity contribution in [2.24, 2.45) is 11.8 Å². The van der Waals surface area contributed by atoms with Crippen LogP contribution in [0.4, 0.5) is 0 Å². The Kier molecular flexibility index (Phi) is 7.17. The first kappa shape index (κ1) is 19.9. The van der Waals surface area contributed by atoms with Crippen molar-refractivity contribution in [2.45, 2.75) is 6.42 Å². The van der Waals surface area contributed by atoms with Crippen LogP contribution in [0.3, 0.4) is 0 Å². The zero-order chi connectivity index (χ0) is 19.1. The molecule has 2 aliphatic rings. The molecule has 0 spiro atoms. The molecule has 0 unspecified atom stereocenters. The number of carboxylic acids is 2. The molecule has 0 aliphatic carbocycles. The SMILES string of the molecule is O=C(O)/C=C/C(=O)O.O=C(c1ccccc1Cl)N1C[C@@H]2CNC[C@@H](C2)C1. The number of nitrogens with zero attached hydrogens (tertiary/aromatic N) is 1. The number of halogens is 1. The first-order valence-corrected chi connectivity index (χ1v) is 8.63. The predicted octanol–water partition coefficient (Wildman–Crippen LogP) is 1.73. The minimum Gasteiger partial charge on any atom is -0.478 e. The molecule has 2 saturated heterocycles. The Morgan fingerprint density at radius 3 is 2.08 bits per heavy atom. The summed E-state index contributed by atoms with van der Waals surface area (Å²) in [5.41, 5.74) is 0.632. The number of amides is 1. The third-order valence-corrected chi connectivity index (χ3v) is 4.58. The van der Waals surface area contributed by atoms with Gasteiger partial charge in [-0.1, -0.05) is 23.7 Å². The molecule has 1 amide bonds. The van der Waals surface area contributed by atoms with E-state index in [1.807, 2.05) is 23.1 Å². The molecule has 0 saturated carbocycles. The molecule has 2 atom stereocenters. The topological polar surface area (TPSA) is 107 Å². The van der Waals surface area contributed by atoms with Crippen LogP contribution in [0.2, 0.25) is 5.02 Å². The smallest absolute Gasteiger partial charge is 0.328 e. The summed E-state index contributed by atoms with van der Waals surface area (Å²) in [5, 5.41) is 19.6. The molecule has 0 aromatic heterocycles. The number of carbonyl (C=O) groups is 3. The van der Waals surface area contributed by atoms with Crippen LogP contribution in [0.25, 0.3) is 0 Å². The summed E-state index contributed by atoms with van der Waals surface area (Å²) in [4.78, 5) is 33.6. The number of hydrogen-bond acceptors (Lipinski definition) is 4. The summed E-state index contributed by atoms with van der Waals surface area (Å²) in [6, 6.07) is 7.31. The number of aliphatic carboxylic acids is 2. The molecule has 2 bridgehead atoms. The van der Waals surface area contributed by atoms with Gasteiger partial charge in [-0.25, -0.2) is 9.59 Å².